The molecule has 2 atom stereocenters. The maximum absolute atomic E-state index is 13.2. The molecule has 7 heteroatoms. The molecule has 176 valence electrons. The molecule has 1 saturated heterocycles. The number of carbonyl (C=O) groups excluding carboxylic acids is 2. The number of rotatable bonds is 4. The first kappa shape index (κ1) is 22.9. The van der Waals surface area contributed by atoms with Crippen LogP contribution in [0.1, 0.15) is 75.2 Å². The fraction of sp³-hybridized carbons (Fsp3) is 0.680. The van der Waals surface area contributed by atoms with Crippen molar-refractivity contribution in [1.29, 1.82) is 0 Å². The van der Waals surface area contributed by atoms with Gasteiger partial charge in [-0.15, -0.1) is 0 Å². The smallest absolute Gasteiger partial charge is 0.410 e. The first-order valence-corrected chi connectivity index (χ1v) is 11.9. The fourth-order valence-corrected chi connectivity index (χ4v) is 4.95. The molecule has 0 unspecified atom stereocenters. The Morgan fingerprint density at radius 3 is 2.53 bits per heavy atom. The predicted molar refractivity (Wildman–Crippen MR) is 121 cm³/mol. The van der Waals surface area contributed by atoms with E-state index in [1.54, 1.807) is 4.90 Å². The minimum atomic E-state index is -0.491. The molecule has 0 spiro atoms. The van der Waals surface area contributed by atoms with Crippen LogP contribution in [0, 0.1) is 5.92 Å². The molecule has 1 aromatic carbocycles. The Morgan fingerprint density at radius 2 is 1.84 bits per heavy atom. The van der Waals surface area contributed by atoms with Crippen LogP contribution in [0.15, 0.2) is 18.2 Å². The molecular weight excluding hydrogens is 408 g/mol. The molecule has 1 aliphatic carbocycles. The van der Waals surface area contributed by atoms with Crippen molar-refractivity contribution in [1.82, 2.24) is 9.80 Å². The van der Waals surface area contributed by atoms with Gasteiger partial charge >= 0.3 is 6.09 Å². The molecule has 2 heterocycles. The van der Waals surface area contributed by atoms with Gasteiger partial charge in [-0.05, 0) is 70.4 Å². The molecule has 4 rings (SSSR count). The van der Waals surface area contributed by atoms with Crippen molar-refractivity contribution in [3.63, 3.8) is 0 Å². The summed E-state index contributed by atoms with van der Waals surface area (Å²) in [5.74, 6) is 0.965. The van der Waals surface area contributed by atoms with Crippen LogP contribution < -0.4 is 4.74 Å². The normalized spacial score (nSPS) is 24.4. The molecule has 0 bridgehead atoms. The summed E-state index contributed by atoms with van der Waals surface area (Å²) in [6.45, 7) is 8.21. The lowest BCUT2D eigenvalue weighted by molar-refractivity contribution is 0.00632. The quantitative estimate of drug-likeness (QED) is 0.760. The third kappa shape index (κ3) is 5.20. The Bertz CT molecular complexity index is 841. The van der Waals surface area contributed by atoms with E-state index >= 15 is 0 Å². The van der Waals surface area contributed by atoms with E-state index in [2.05, 4.69) is 0 Å². The molecule has 0 aromatic heterocycles. The molecule has 7 nitrogen and oxygen atoms in total. The summed E-state index contributed by atoms with van der Waals surface area (Å²) in [5.41, 5.74) is 1.15. The first-order valence-electron chi connectivity index (χ1n) is 11.9. The summed E-state index contributed by atoms with van der Waals surface area (Å²) in [6.07, 6.45) is 4.38. The van der Waals surface area contributed by atoms with Gasteiger partial charge in [-0.3, -0.25) is 4.79 Å². The zero-order valence-electron chi connectivity index (χ0n) is 19.5. The Hall–Kier alpha value is -2.28. The lowest BCUT2D eigenvalue weighted by Gasteiger charge is -2.34. The number of nitrogens with zero attached hydrogens (tertiary/aromatic N) is 2. The van der Waals surface area contributed by atoms with Gasteiger partial charge in [-0.2, -0.15) is 0 Å². The molecule has 3 aliphatic rings. The van der Waals surface area contributed by atoms with Crippen LogP contribution in [0.2, 0.25) is 0 Å². The van der Waals surface area contributed by atoms with Crippen molar-refractivity contribution in [3.8, 4) is 5.75 Å². The minimum Gasteiger partial charge on any atom is -0.487 e. The Kier molecular flexibility index (Phi) is 6.65. The fourth-order valence-electron chi connectivity index (χ4n) is 4.95. The molecule has 2 amide bonds. The minimum absolute atomic E-state index is 0.00970. The number of carbonyl (C=O) groups is 2. The maximum atomic E-state index is 13.2. The highest BCUT2D eigenvalue weighted by atomic mass is 16.6. The number of hydrogen-bond acceptors (Lipinski definition) is 5. The summed E-state index contributed by atoms with van der Waals surface area (Å²) < 4.78 is 11.6. The standard InChI is InChI=1S/C25H36N2O5/c1-25(2,3)32-24(30)26-13-11-17(12-14-26)15-27-16-18-7-6-10-21(22(18)23(27)29)31-20-9-5-4-8-19(20)28/h6-7,10,17,19-20,28H,4-5,8-9,11-16H2,1-3H3/t19-,20-/m0/s1. The van der Waals surface area contributed by atoms with Crippen molar-refractivity contribution in [2.75, 3.05) is 19.6 Å². The molecular formula is C25H36N2O5. The number of hydrogen-bond donors (Lipinski definition) is 1. The van der Waals surface area contributed by atoms with Crippen molar-refractivity contribution in [2.24, 2.45) is 5.92 Å². The highest BCUT2D eigenvalue weighted by molar-refractivity contribution is 6.01. The maximum Gasteiger partial charge on any atom is 0.410 e. The van der Waals surface area contributed by atoms with E-state index in [1.807, 2.05) is 43.9 Å². The Morgan fingerprint density at radius 1 is 1.12 bits per heavy atom. The van der Waals surface area contributed by atoms with Gasteiger partial charge in [0.15, 0.2) is 0 Å². The van der Waals surface area contributed by atoms with Gasteiger partial charge in [0, 0.05) is 26.2 Å². The predicted octanol–water partition coefficient (Wildman–Crippen LogP) is 3.97. The van der Waals surface area contributed by atoms with Crippen LogP contribution in [0.3, 0.4) is 0 Å². The van der Waals surface area contributed by atoms with Crippen molar-refractivity contribution >= 4 is 12.0 Å². The van der Waals surface area contributed by atoms with Crippen LogP contribution in [-0.2, 0) is 11.3 Å². The Balaban J connectivity index is 1.34. The topological polar surface area (TPSA) is 79.3 Å². The summed E-state index contributed by atoms with van der Waals surface area (Å²) in [6, 6.07) is 5.77. The zero-order chi connectivity index (χ0) is 22.9. The van der Waals surface area contributed by atoms with Crippen LogP contribution in [0.5, 0.6) is 5.75 Å². The largest absolute Gasteiger partial charge is 0.487 e. The highest BCUT2D eigenvalue weighted by Gasteiger charge is 2.35. The van der Waals surface area contributed by atoms with E-state index < -0.39 is 11.7 Å². The summed E-state index contributed by atoms with van der Waals surface area (Å²) in [4.78, 5) is 29.2. The second kappa shape index (κ2) is 9.30. The van der Waals surface area contributed by atoms with Gasteiger partial charge in [-0.25, -0.2) is 4.79 Å². The summed E-state index contributed by atoms with van der Waals surface area (Å²) in [7, 11) is 0. The van der Waals surface area contributed by atoms with E-state index in [-0.39, 0.29) is 18.1 Å². The van der Waals surface area contributed by atoms with Crippen molar-refractivity contribution in [3.05, 3.63) is 29.3 Å². The van der Waals surface area contributed by atoms with Gasteiger partial charge in [0.05, 0.1) is 11.7 Å². The van der Waals surface area contributed by atoms with Crippen molar-refractivity contribution in [2.45, 2.75) is 83.6 Å². The second-order valence-corrected chi connectivity index (χ2v) is 10.4. The summed E-state index contributed by atoms with van der Waals surface area (Å²) >= 11 is 0. The lowest BCUT2D eigenvalue weighted by Crippen LogP contribution is -2.43. The van der Waals surface area contributed by atoms with Gasteiger partial charge in [0.25, 0.3) is 5.91 Å². The summed E-state index contributed by atoms with van der Waals surface area (Å²) in [5, 5.41) is 10.3. The van der Waals surface area contributed by atoms with Gasteiger partial charge in [-0.1, -0.05) is 18.6 Å². The van der Waals surface area contributed by atoms with Gasteiger partial charge < -0.3 is 24.4 Å². The average Bonchev–Trinajstić information content (AvgIpc) is 3.05. The highest BCUT2D eigenvalue weighted by Crippen LogP contribution is 2.34. The van der Waals surface area contributed by atoms with E-state index in [1.165, 1.54) is 0 Å². The van der Waals surface area contributed by atoms with Gasteiger partial charge in [0.1, 0.15) is 17.5 Å². The average molecular weight is 445 g/mol. The van der Waals surface area contributed by atoms with Crippen LogP contribution in [-0.4, -0.2) is 64.4 Å². The van der Waals surface area contributed by atoms with E-state index in [0.717, 1.165) is 44.1 Å². The molecule has 2 fully saturated rings. The Labute approximate surface area is 190 Å². The molecule has 0 radical (unpaired) electrons. The number of amides is 2. The number of aliphatic hydroxyl groups is 1. The number of benzene rings is 1. The molecule has 1 saturated carbocycles. The lowest BCUT2D eigenvalue weighted by atomic mass is 9.94. The number of likely N-dealkylation sites (tertiary alicyclic amines) is 1. The first-order chi connectivity index (χ1) is 15.2. The zero-order valence-corrected chi connectivity index (χ0v) is 19.5. The van der Waals surface area contributed by atoms with E-state index in [0.29, 0.717) is 43.4 Å². The molecule has 32 heavy (non-hydrogen) atoms. The number of fused-ring (bicyclic) bond motifs is 1. The molecule has 1 aromatic rings. The second-order valence-electron chi connectivity index (χ2n) is 10.4. The molecule has 1 N–H and O–H groups in total. The third-order valence-corrected chi connectivity index (χ3v) is 6.67. The number of piperidine rings is 1. The SMILES string of the molecule is CC(C)(C)OC(=O)N1CCC(CN2Cc3cccc(O[C@H]4CCCC[C@@H]4O)c3C2=O)CC1. The van der Waals surface area contributed by atoms with Crippen LogP contribution in [0.4, 0.5) is 4.79 Å². The van der Waals surface area contributed by atoms with Crippen LogP contribution >= 0.6 is 0 Å². The van der Waals surface area contributed by atoms with E-state index in [4.69, 9.17) is 9.47 Å². The number of aliphatic hydroxyl groups excluding tert-OH is 1. The number of ether oxygens (including phenoxy) is 2. The van der Waals surface area contributed by atoms with Crippen LogP contribution in [0.25, 0.3) is 0 Å². The van der Waals surface area contributed by atoms with Gasteiger partial charge in [0.2, 0.25) is 0 Å². The molecule has 2 aliphatic heterocycles. The monoisotopic (exact) mass is 444 g/mol. The van der Waals surface area contributed by atoms with Crippen molar-refractivity contribution < 1.29 is 24.2 Å². The van der Waals surface area contributed by atoms with E-state index in [9.17, 15) is 14.7 Å². The third-order valence-electron chi connectivity index (χ3n) is 6.67.